The lowest BCUT2D eigenvalue weighted by molar-refractivity contribution is -0.990. The molecule has 0 radical (unpaired) electrons. The number of hydrogen-bond donors (Lipinski definition) is 0. The summed E-state index contributed by atoms with van der Waals surface area (Å²) in [5.41, 5.74) is 11.3. The van der Waals surface area contributed by atoms with Gasteiger partial charge in [0.05, 0.1) is 22.8 Å². The Morgan fingerprint density at radius 3 is 2.26 bits per heavy atom. The van der Waals surface area contributed by atoms with E-state index < -0.39 is 5.66 Å². The second-order valence-electron chi connectivity index (χ2n) is 13.0. The second kappa shape index (κ2) is 7.97. The maximum absolute atomic E-state index is 6.83. The van der Waals surface area contributed by atoms with Crippen LogP contribution in [0.15, 0.2) is 121 Å². The lowest BCUT2D eigenvalue weighted by atomic mass is 9.84. The van der Waals surface area contributed by atoms with E-state index in [1.807, 2.05) is 11.3 Å². The SMILES string of the molecule is Cc1c(-c2ccc3sc4ccccc4c3c2)c(C)[n+]2n1-c1cccc3c1C21c2c(cccc2-n2c4ccccc4c4ccc[n+]1c42)O3. The van der Waals surface area contributed by atoms with Crippen LogP contribution in [0.2, 0.25) is 0 Å². The number of benzene rings is 5. The van der Waals surface area contributed by atoms with Crippen LogP contribution in [-0.2, 0) is 5.66 Å². The summed E-state index contributed by atoms with van der Waals surface area (Å²) in [7, 11) is 0. The van der Waals surface area contributed by atoms with Gasteiger partial charge in [-0.2, -0.15) is 9.13 Å². The normalized spacial score (nSPS) is 16.6. The second-order valence-corrected chi connectivity index (χ2v) is 14.1. The number of ether oxygens (including phenoxy) is 1. The summed E-state index contributed by atoms with van der Waals surface area (Å²) in [5, 5.41) is 5.14. The van der Waals surface area contributed by atoms with Crippen LogP contribution in [-0.4, -0.2) is 9.25 Å². The van der Waals surface area contributed by atoms with E-state index in [1.165, 1.54) is 75.8 Å². The van der Waals surface area contributed by atoms with Crippen LogP contribution < -0.4 is 14.0 Å². The van der Waals surface area contributed by atoms with Crippen LogP contribution in [0.4, 0.5) is 0 Å². The minimum atomic E-state index is -0.688. The summed E-state index contributed by atoms with van der Waals surface area (Å²) in [6, 6.07) is 42.1. The molecular weight excluding hydrogens is 597 g/mol. The summed E-state index contributed by atoms with van der Waals surface area (Å²) in [6.07, 6.45) is 2.27. The minimum absolute atomic E-state index is 0.688. The van der Waals surface area contributed by atoms with Gasteiger partial charge in [0.2, 0.25) is 5.69 Å². The molecule has 3 aliphatic heterocycles. The molecule has 9 aromatic rings. The van der Waals surface area contributed by atoms with Gasteiger partial charge in [0.1, 0.15) is 28.3 Å². The van der Waals surface area contributed by atoms with Crippen molar-refractivity contribution in [2.24, 2.45) is 0 Å². The maximum Gasteiger partial charge on any atom is 0.397 e. The monoisotopic (exact) mass is 622 g/mol. The Hall–Kier alpha value is -5.72. The lowest BCUT2D eigenvalue weighted by Gasteiger charge is -2.33. The number of rotatable bonds is 1. The largest absolute Gasteiger partial charge is 0.456 e. The Morgan fingerprint density at radius 1 is 0.660 bits per heavy atom. The van der Waals surface area contributed by atoms with Crippen LogP contribution in [0.25, 0.3) is 64.6 Å². The van der Waals surface area contributed by atoms with Crippen LogP contribution in [0.5, 0.6) is 11.5 Å². The van der Waals surface area contributed by atoms with Crippen molar-refractivity contribution in [1.82, 2.24) is 9.25 Å². The molecule has 1 atom stereocenters. The van der Waals surface area contributed by atoms with Gasteiger partial charge in [-0.1, -0.05) is 53.2 Å². The standard InChI is InChI=1S/C41H26N4OS/c1-23-37(25-19-20-36-29(22-25)27-11-4-6-18-35(27)47-36)24(2)45-41-38-31(14-7-16-33(38)46-34-17-8-15-32(39(34)41)44(23)45)43-30-13-5-3-10-26(30)28-12-9-21-42(41)40(28)43/h3-22H,1-2H3/q+2. The zero-order valence-electron chi connectivity index (χ0n) is 25.7. The first-order chi connectivity index (χ1) is 23.2. The first-order valence-corrected chi connectivity index (χ1v) is 16.9. The predicted octanol–water partition coefficient (Wildman–Crippen LogP) is 8.83. The third kappa shape index (κ3) is 2.58. The minimum Gasteiger partial charge on any atom is -0.456 e. The fourth-order valence-corrected chi connectivity index (χ4v) is 10.4. The number of pyridine rings is 1. The third-order valence-corrected chi connectivity index (χ3v) is 12.0. The maximum atomic E-state index is 6.83. The Labute approximate surface area is 273 Å². The molecule has 1 spiro atoms. The highest BCUT2D eigenvalue weighted by Gasteiger charge is 2.69. The molecule has 1 unspecified atom stereocenters. The molecule has 5 aromatic carbocycles. The van der Waals surface area contributed by atoms with Gasteiger partial charge in [0.25, 0.3) is 0 Å². The highest BCUT2D eigenvalue weighted by Crippen LogP contribution is 2.55. The number of hydrogen-bond acceptors (Lipinski definition) is 2. The van der Waals surface area contributed by atoms with Crippen LogP contribution in [0.1, 0.15) is 22.5 Å². The van der Waals surface area contributed by atoms with Gasteiger partial charge in [0, 0.05) is 32.5 Å². The summed E-state index contributed by atoms with van der Waals surface area (Å²) < 4.78 is 19.5. The molecule has 3 aliphatic rings. The average Bonchev–Trinajstić information content (AvgIpc) is 3.81. The van der Waals surface area contributed by atoms with Crippen molar-refractivity contribution in [2.45, 2.75) is 19.5 Å². The fraction of sp³-hybridized carbons (Fsp3) is 0.0732. The average molecular weight is 623 g/mol. The van der Waals surface area contributed by atoms with E-state index in [0.717, 1.165) is 22.9 Å². The molecule has 4 aromatic heterocycles. The van der Waals surface area contributed by atoms with Gasteiger partial charge in [0.15, 0.2) is 11.3 Å². The van der Waals surface area contributed by atoms with E-state index in [2.05, 4.69) is 154 Å². The quantitative estimate of drug-likeness (QED) is 0.168. The van der Waals surface area contributed by atoms with Gasteiger partial charge in [-0.15, -0.1) is 16.0 Å². The molecule has 0 bridgehead atoms. The van der Waals surface area contributed by atoms with E-state index in [0.29, 0.717) is 0 Å². The fourth-order valence-electron chi connectivity index (χ4n) is 9.27. The Bertz CT molecular complexity index is 2920. The molecule has 47 heavy (non-hydrogen) atoms. The number of thiophene rings is 1. The molecule has 220 valence electrons. The van der Waals surface area contributed by atoms with E-state index >= 15 is 0 Å². The molecule has 0 N–H and O–H groups in total. The van der Waals surface area contributed by atoms with Gasteiger partial charge >= 0.3 is 11.3 Å². The first kappa shape index (κ1) is 24.5. The molecule has 7 heterocycles. The van der Waals surface area contributed by atoms with E-state index in [9.17, 15) is 0 Å². The number of aromatic nitrogens is 4. The molecule has 0 aliphatic carbocycles. The zero-order chi connectivity index (χ0) is 30.8. The summed E-state index contributed by atoms with van der Waals surface area (Å²) in [6.45, 7) is 4.58. The predicted molar refractivity (Wildman–Crippen MR) is 186 cm³/mol. The molecular formula is C41H26N4OS+2. The topological polar surface area (TPSA) is 26.8 Å². The first-order valence-electron chi connectivity index (χ1n) is 16.1. The van der Waals surface area contributed by atoms with Crippen molar-refractivity contribution >= 4 is 53.4 Å². The van der Waals surface area contributed by atoms with E-state index in [1.54, 1.807) is 0 Å². The van der Waals surface area contributed by atoms with Crippen molar-refractivity contribution in [3.8, 4) is 34.0 Å². The number of nitrogens with zero attached hydrogens (tertiary/aromatic N) is 4. The molecule has 0 amide bonds. The van der Waals surface area contributed by atoms with E-state index in [-0.39, 0.29) is 0 Å². The van der Waals surface area contributed by atoms with Gasteiger partial charge in [-0.05, 0) is 79.2 Å². The summed E-state index contributed by atoms with van der Waals surface area (Å²) in [5.74, 6) is 1.80. The van der Waals surface area contributed by atoms with Crippen molar-refractivity contribution in [1.29, 1.82) is 0 Å². The molecule has 6 heteroatoms. The van der Waals surface area contributed by atoms with Gasteiger partial charge in [-0.3, -0.25) is 0 Å². The van der Waals surface area contributed by atoms with E-state index in [4.69, 9.17) is 4.74 Å². The Morgan fingerprint density at radius 2 is 1.38 bits per heavy atom. The smallest absolute Gasteiger partial charge is 0.397 e. The molecule has 5 nitrogen and oxygen atoms in total. The van der Waals surface area contributed by atoms with Gasteiger partial charge < -0.3 is 4.74 Å². The summed E-state index contributed by atoms with van der Waals surface area (Å²) >= 11 is 1.87. The zero-order valence-corrected chi connectivity index (χ0v) is 26.5. The van der Waals surface area contributed by atoms with Crippen molar-refractivity contribution in [2.75, 3.05) is 0 Å². The number of para-hydroxylation sites is 1. The number of fused-ring (bicyclic) bond motifs is 9. The Kier molecular flexibility index (Phi) is 4.16. The van der Waals surface area contributed by atoms with Crippen LogP contribution >= 0.6 is 11.3 Å². The van der Waals surface area contributed by atoms with Crippen LogP contribution in [0, 0.1) is 13.8 Å². The molecule has 12 rings (SSSR count). The molecule has 0 fully saturated rings. The Balaban J connectivity index is 1.27. The summed E-state index contributed by atoms with van der Waals surface area (Å²) in [4.78, 5) is 0. The third-order valence-electron chi connectivity index (χ3n) is 10.9. The molecule has 0 saturated carbocycles. The van der Waals surface area contributed by atoms with Gasteiger partial charge in [-0.25, -0.2) is 0 Å². The van der Waals surface area contributed by atoms with Crippen LogP contribution in [0.3, 0.4) is 0 Å². The highest BCUT2D eigenvalue weighted by molar-refractivity contribution is 7.25. The molecule has 0 saturated heterocycles. The van der Waals surface area contributed by atoms with Crippen molar-refractivity contribution < 1.29 is 14.0 Å². The lowest BCUT2D eigenvalue weighted by Crippen LogP contribution is -2.77. The highest BCUT2D eigenvalue weighted by atomic mass is 32.1. The van der Waals surface area contributed by atoms with Crippen molar-refractivity contribution in [3.05, 3.63) is 144 Å². The van der Waals surface area contributed by atoms with Crippen molar-refractivity contribution in [3.63, 3.8) is 0 Å².